The average Bonchev–Trinajstić information content (AvgIpc) is 2.66. The fourth-order valence-electron chi connectivity index (χ4n) is 2.39. The van der Waals surface area contributed by atoms with Gasteiger partial charge in [-0.1, -0.05) is 32.0 Å². The quantitative estimate of drug-likeness (QED) is 0.674. The fourth-order valence-corrected chi connectivity index (χ4v) is 2.39. The van der Waals surface area contributed by atoms with Crippen LogP contribution >= 0.6 is 0 Å². The van der Waals surface area contributed by atoms with Crippen LogP contribution in [0, 0.1) is 11.6 Å². The van der Waals surface area contributed by atoms with Crippen molar-refractivity contribution in [1.82, 2.24) is 9.97 Å². The van der Waals surface area contributed by atoms with Crippen LogP contribution in [0.4, 0.5) is 26.1 Å². The highest BCUT2D eigenvalue weighted by Gasteiger charge is 2.14. The fraction of sp³-hybridized carbons (Fsp3) is 0.150. The van der Waals surface area contributed by atoms with E-state index in [-0.39, 0.29) is 5.56 Å². The number of carbonyl (C=O) groups is 1. The number of hydrogen-bond acceptors (Lipinski definition) is 4. The minimum absolute atomic E-state index is 0.0818. The van der Waals surface area contributed by atoms with Gasteiger partial charge in [0.15, 0.2) is 0 Å². The molecular weight excluding hydrogens is 350 g/mol. The number of amides is 1. The Morgan fingerprint density at radius 2 is 1.56 bits per heavy atom. The predicted molar refractivity (Wildman–Crippen MR) is 100 cm³/mol. The largest absolute Gasteiger partial charge is 0.324 e. The Labute approximate surface area is 155 Å². The van der Waals surface area contributed by atoms with Crippen molar-refractivity contribution in [2.75, 3.05) is 10.6 Å². The molecule has 0 fully saturated rings. The first-order valence-electron chi connectivity index (χ1n) is 8.38. The van der Waals surface area contributed by atoms with Crippen molar-refractivity contribution in [2.24, 2.45) is 0 Å². The molecule has 0 atom stereocenters. The zero-order valence-corrected chi connectivity index (χ0v) is 14.8. The van der Waals surface area contributed by atoms with Crippen molar-refractivity contribution in [3.63, 3.8) is 0 Å². The third-order valence-electron chi connectivity index (χ3n) is 3.95. The number of nitrogens with zero attached hydrogens (tertiary/aromatic N) is 2. The molecule has 1 aromatic heterocycles. The van der Waals surface area contributed by atoms with Gasteiger partial charge in [0.1, 0.15) is 17.3 Å². The second kappa shape index (κ2) is 7.90. The zero-order valence-electron chi connectivity index (χ0n) is 14.8. The number of nitrogens with one attached hydrogen (secondary N) is 2. The lowest BCUT2D eigenvalue weighted by atomic mass is 10.0. The van der Waals surface area contributed by atoms with E-state index in [2.05, 4.69) is 34.4 Å². The molecule has 3 aromatic rings. The Bertz CT molecular complexity index is 921. The summed E-state index contributed by atoms with van der Waals surface area (Å²) < 4.78 is 27.2. The highest BCUT2D eigenvalue weighted by atomic mass is 19.1. The lowest BCUT2D eigenvalue weighted by Crippen LogP contribution is -2.15. The lowest BCUT2D eigenvalue weighted by Gasteiger charge is -2.09. The molecule has 2 aromatic carbocycles. The van der Waals surface area contributed by atoms with Gasteiger partial charge < -0.3 is 10.6 Å². The number of hydrogen-bond donors (Lipinski definition) is 2. The van der Waals surface area contributed by atoms with E-state index in [1.807, 2.05) is 24.3 Å². The molecule has 0 unspecified atom stereocenters. The first kappa shape index (κ1) is 18.4. The van der Waals surface area contributed by atoms with Crippen LogP contribution < -0.4 is 10.6 Å². The van der Waals surface area contributed by atoms with E-state index < -0.39 is 23.2 Å². The highest BCUT2D eigenvalue weighted by molar-refractivity contribution is 6.04. The van der Waals surface area contributed by atoms with E-state index in [4.69, 9.17) is 0 Å². The number of anilines is 3. The van der Waals surface area contributed by atoms with Crippen molar-refractivity contribution in [1.29, 1.82) is 0 Å². The second-order valence-corrected chi connectivity index (χ2v) is 6.25. The van der Waals surface area contributed by atoms with Crippen LogP contribution in [0.2, 0.25) is 0 Å². The van der Waals surface area contributed by atoms with Crippen molar-refractivity contribution in [3.05, 3.63) is 77.6 Å². The molecule has 0 aliphatic rings. The highest BCUT2D eigenvalue weighted by Crippen LogP contribution is 2.20. The van der Waals surface area contributed by atoms with E-state index >= 15 is 0 Å². The maximum absolute atomic E-state index is 13.6. The third kappa shape index (κ3) is 4.44. The maximum Gasteiger partial charge on any atom is 0.258 e. The van der Waals surface area contributed by atoms with Crippen LogP contribution in [0.1, 0.15) is 35.7 Å². The van der Waals surface area contributed by atoms with Gasteiger partial charge in [-0.15, -0.1) is 0 Å². The number of rotatable bonds is 5. The van der Waals surface area contributed by atoms with Gasteiger partial charge >= 0.3 is 0 Å². The monoisotopic (exact) mass is 368 g/mol. The summed E-state index contributed by atoms with van der Waals surface area (Å²) in [6.45, 7) is 4.23. The number of benzene rings is 2. The summed E-state index contributed by atoms with van der Waals surface area (Å²) in [4.78, 5) is 20.3. The standard InChI is InChI=1S/C20H18F2N4O/c1-12(2)13-6-8-15(9-7-13)25-20-23-10-14(11-24-20)19(27)26-18-16(21)4-3-5-17(18)22/h3-12H,1-2H3,(H,26,27)(H,23,24,25). The Hall–Kier alpha value is -3.35. The molecule has 1 amide bonds. The molecular formula is C20H18F2N4O. The second-order valence-electron chi connectivity index (χ2n) is 6.25. The number of halogens is 2. The molecule has 0 spiro atoms. The van der Waals surface area contributed by atoms with Crippen LogP contribution in [0.15, 0.2) is 54.9 Å². The van der Waals surface area contributed by atoms with Crippen LogP contribution in [0.5, 0.6) is 0 Å². The van der Waals surface area contributed by atoms with E-state index in [0.717, 1.165) is 17.8 Å². The SMILES string of the molecule is CC(C)c1ccc(Nc2ncc(C(=O)Nc3c(F)cccc3F)cn2)cc1. The van der Waals surface area contributed by atoms with E-state index in [1.165, 1.54) is 24.0 Å². The molecule has 1 heterocycles. The summed E-state index contributed by atoms with van der Waals surface area (Å²) in [5.74, 6) is -1.67. The number of aromatic nitrogens is 2. The summed E-state index contributed by atoms with van der Waals surface area (Å²) in [6, 6.07) is 11.2. The molecule has 7 heteroatoms. The Morgan fingerprint density at radius 3 is 2.11 bits per heavy atom. The Morgan fingerprint density at radius 1 is 0.963 bits per heavy atom. The van der Waals surface area contributed by atoms with Gasteiger partial charge in [0, 0.05) is 18.1 Å². The molecule has 0 aliphatic carbocycles. The van der Waals surface area contributed by atoms with Crippen molar-refractivity contribution >= 4 is 23.2 Å². The smallest absolute Gasteiger partial charge is 0.258 e. The van der Waals surface area contributed by atoms with Gasteiger partial charge in [-0.3, -0.25) is 4.79 Å². The third-order valence-corrected chi connectivity index (χ3v) is 3.95. The van der Waals surface area contributed by atoms with Crippen molar-refractivity contribution in [3.8, 4) is 0 Å². The van der Waals surface area contributed by atoms with Gasteiger partial charge in [-0.05, 0) is 35.7 Å². The maximum atomic E-state index is 13.6. The van der Waals surface area contributed by atoms with Crippen LogP contribution in [0.25, 0.3) is 0 Å². The summed E-state index contributed by atoms with van der Waals surface area (Å²) in [5.41, 5.74) is 1.60. The number of carbonyl (C=O) groups excluding carboxylic acids is 1. The molecule has 0 bridgehead atoms. The molecule has 27 heavy (non-hydrogen) atoms. The van der Waals surface area contributed by atoms with E-state index in [1.54, 1.807) is 0 Å². The molecule has 0 radical (unpaired) electrons. The number of para-hydroxylation sites is 1. The van der Waals surface area contributed by atoms with Gasteiger partial charge in [0.05, 0.1) is 5.56 Å². The summed E-state index contributed by atoms with van der Waals surface area (Å²) in [6.07, 6.45) is 2.57. The zero-order chi connectivity index (χ0) is 19.4. The van der Waals surface area contributed by atoms with Gasteiger partial charge in [0.2, 0.25) is 5.95 Å². The molecule has 0 aliphatic heterocycles. The lowest BCUT2D eigenvalue weighted by molar-refractivity contribution is 0.102. The van der Waals surface area contributed by atoms with Crippen LogP contribution in [0.3, 0.4) is 0 Å². The van der Waals surface area contributed by atoms with E-state index in [9.17, 15) is 13.6 Å². The Kier molecular flexibility index (Phi) is 5.40. The van der Waals surface area contributed by atoms with Gasteiger partial charge in [-0.25, -0.2) is 18.7 Å². The Balaban J connectivity index is 1.68. The molecule has 0 saturated heterocycles. The normalized spacial score (nSPS) is 10.7. The average molecular weight is 368 g/mol. The molecule has 138 valence electrons. The summed E-state index contributed by atoms with van der Waals surface area (Å²) in [5, 5.41) is 5.22. The minimum atomic E-state index is -0.854. The van der Waals surface area contributed by atoms with E-state index in [0.29, 0.717) is 11.9 Å². The predicted octanol–water partition coefficient (Wildman–Crippen LogP) is 4.87. The van der Waals surface area contributed by atoms with Crippen LogP contribution in [-0.2, 0) is 0 Å². The molecule has 5 nitrogen and oxygen atoms in total. The summed E-state index contributed by atoms with van der Waals surface area (Å²) >= 11 is 0. The molecule has 3 rings (SSSR count). The first-order chi connectivity index (χ1) is 12.9. The van der Waals surface area contributed by atoms with Gasteiger partial charge in [-0.2, -0.15) is 0 Å². The van der Waals surface area contributed by atoms with Crippen molar-refractivity contribution < 1.29 is 13.6 Å². The first-order valence-corrected chi connectivity index (χ1v) is 8.38. The van der Waals surface area contributed by atoms with Gasteiger partial charge in [0.25, 0.3) is 5.91 Å². The summed E-state index contributed by atoms with van der Waals surface area (Å²) in [7, 11) is 0. The topological polar surface area (TPSA) is 66.9 Å². The minimum Gasteiger partial charge on any atom is -0.324 e. The molecule has 2 N–H and O–H groups in total. The van der Waals surface area contributed by atoms with Crippen molar-refractivity contribution in [2.45, 2.75) is 19.8 Å². The van der Waals surface area contributed by atoms with Crippen LogP contribution in [-0.4, -0.2) is 15.9 Å². The molecule has 0 saturated carbocycles.